The van der Waals surface area contributed by atoms with Crippen molar-refractivity contribution in [2.75, 3.05) is 7.11 Å². The maximum Gasteiger partial charge on any atom is 0.313 e. The first-order valence-electron chi connectivity index (χ1n) is 4.73. The van der Waals surface area contributed by atoms with Crippen LogP contribution in [-0.4, -0.2) is 13.1 Å². The van der Waals surface area contributed by atoms with E-state index in [2.05, 4.69) is 38.4 Å². The summed E-state index contributed by atoms with van der Waals surface area (Å²) in [7, 11) is 1.40. The van der Waals surface area contributed by atoms with Crippen molar-refractivity contribution in [3.8, 4) is 0 Å². The monoisotopic (exact) mass is 346 g/mol. The highest BCUT2D eigenvalue weighted by molar-refractivity contribution is 9.13. The van der Waals surface area contributed by atoms with Gasteiger partial charge in [-0.2, -0.15) is 0 Å². The van der Waals surface area contributed by atoms with Crippen LogP contribution in [0.1, 0.15) is 17.9 Å². The smallest absolute Gasteiger partial charge is 0.313 e. The molecule has 0 saturated heterocycles. The number of carbonyl (C=O) groups is 1. The van der Waals surface area contributed by atoms with Crippen molar-refractivity contribution in [1.82, 2.24) is 0 Å². The number of ether oxygens (including phenoxy) is 1. The summed E-state index contributed by atoms with van der Waals surface area (Å²) < 4.78 is 6.65. The highest BCUT2D eigenvalue weighted by Crippen LogP contribution is 2.29. The van der Waals surface area contributed by atoms with E-state index in [9.17, 15) is 4.79 Å². The molecule has 0 N–H and O–H groups in total. The van der Waals surface area contributed by atoms with Gasteiger partial charge in [0.2, 0.25) is 0 Å². The second kappa shape index (κ2) is 6.21. The van der Waals surface area contributed by atoms with Crippen molar-refractivity contribution in [2.45, 2.75) is 12.3 Å². The van der Waals surface area contributed by atoms with Gasteiger partial charge in [0.25, 0.3) is 0 Å². The van der Waals surface area contributed by atoms with Gasteiger partial charge in [-0.25, -0.2) is 0 Å². The molecule has 86 valence electrons. The third kappa shape index (κ3) is 3.19. The minimum atomic E-state index is -0.285. The number of allylic oxidation sites excluding steroid dienone is 1. The predicted octanol–water partition coefficient (Wildman–Crippen LogP) is 4.04. The van der Waals surface area contributed by atoms with Gasteiger partial charge in [0.1, 0.15) is 0 Å². The molecule has 0 aliphatic heterocycles. The summed E-state index contributed by atoms with van der Waals surface area (Å²) in [5, 5.41) is 0. The second-order valence-corrected chi connectivity index (χ2v) is 4.98. The SMILES string of the molecule is C=CCC(C(=O)OC)c1ccc(Br)c(Br)c1. The van der Waals surface area contributed by atoms with E-state index in [1.807, 2.05) is 18.2 Å². The summed E-state index contributed by atoms with van der Waals surface area (Å²) in [6, 6.07) is 5.72. The molecule has 1 aromatic rings. The molecule has 4 heteroatoms. The highest BCUT2D eigenvalue weighted by atomic mass is 79.9. The molecule has 0 radical (unpaired) electrons. The van der Waals surface area contributed by atoms with Crippen LogP contribution in [0.5, 0.6) is 0 Å². The molecule has 0 amide bonds. The van der Waals surface area contributed by atoms with Crippen LogP contribution >= 0.6 is 31.9 Å². The number of methoxy groups -OCH3 is 1. The Kier molecular flexibility index (Phi) is 5.22. The molecule has 0 spiro atoms. The van der Waals surface area contributed by atoms with Crippen molar-refractivity contribution in [3.63, 3.8) is 0 Å². The summed E-state index contributed by atoms with van der Waals surface area (Å²) in [5.41, 5.74) is 0.918. The summed E-state index contributed by atoms with van der Waals surface area (Å²) in [5.74, 6) is -0.527. The third-order valence-corrected chi connectivity index (χ3v) is 4.11. The van der Waals surface area contributed by atoms with Crippen LogP contribution in [0.4, 0.5) is 0 Å². The molecule has 1 atom stereocenters. The lowest BCUT2D eigenvalue weighted by Crippen LogP contribution is -2.13. The van der Waals surface area contributed by atoms with Gasteiger partial charge in [-0.1, -0.05) is 12.1 Å². The number of benzene rings is 1. The van der Waals surface area contributed by atoms with Crippen molar-refractivity contribution in [3.05, 3.63) is 45.4 Å². The highest BCUT2D eigenvalue weighted by Gasteiger charge is 2.20. The Morgan fingerprint density at radius 2 is 2.19 bits per heavy atom. The summed E-state index contributed by atoms with van der Waals surface area (Å²) in [6.07, 6.45) is 2.29. The van der Waals surface area contributed by atoms with Crippen molar-refractivity contribution < 1.29 is 9.53 Å². The maximum atomic E-state index is 11.6. The van der Waals surface area contributed by atoms with Crippen LogP contribution in [0, 0.1) is 0 Å². The molecule has 0 fully saturated rings. The fraction of sp³-hybridized carbons (Fsp3) is 0.250. The molecule has 1 aromatic carbocycles. The fourth-order valence-corrected chi connectivity index (χ4v) is 2.05. The summed E-state index contributed by atoms with van der Waals surface area (Å²) >= 11 is 6.80. The molecule has 0 aliphatic rings. The lowest BCUT2D eigenvalue weighted by molar-refractivity contribution is -0.142. The van der Waals surface area contributed by atoms with E-state index in [0.717, 1.165) is 14.5 Å². The Hall–Kier alpha value is -0.610. The van der Waals surface area contributed by atoms with Crippen LogP contribution in [0.15, 0.2) is 39.8 Å². The Bertz CT molecular complexity index is 402. The molecule has 2 nitrogen and oxygen atoms in total. The molecule has 1 unspecified atom stereocenters. The van der Waals surface area contributed by atoms with E-state index >= 15 is 0 Å². The standard InChI is InChI=1S/C12H12Br2O2/c1-3-4-9(12(15)16-2)8-5-6-10(13)11(14)7-8/h3,5-7,9H,1,4H2,2H3. The molecule has 0 saturated carbocycles. The summed E-state index contributed by atoms with van der Waals surface area (Å²) in [4.78, 5) is 11.6. The number of halogens is 2. The van der Waals surface area contributed by atoms with Crippen LogP contribution in [0.3, 0.4) is 0 Å². The van der Waals surface area contributed by atoms with Gasteiger partial charge >= 0.3 is 5.97 Å². The molecule has 0 aliphatic carbocycles. The van der Waals surface area contributed by atoms with Gasteiger partial charge in [0.05, 0.1) is 13.0 Å². The Morgan fingerprint density at radius 3 is 2.69 bits per heavy atom. The predicted molar refractivity (Wildman–Crippen MR) is 71.4 cm³/mol. The number of esters is 1. The maximum absolute atomic E-state index is 11.6. The van der Waals surface area contributed by atoms with Crippen molar-refractivity contribution >= 4 is 37.8 Å². The molecular weight excluding hydrogens is 336 g/mol. The molecule has 0 heterocycles. The average molecular weight is 348 g/mol. The van der Waals surface area contributed by atoms with Gasteiger partial charge in [0.15, 0.2) is 0 Å². The normalized spacial score (nSPS) is 11.9. The molecule has 0 aromatic heterocycles. The lowest BCUT2D eigenvalue weighted by atomic mass is 9.96. The first-order valence-corrected chi connectivity index (χ1v) is 6.32. The van der Waals surface area contributed by atoms with E-state index in [1.165, 1.54) is 7.11 Å². The van der Waals surface area contributed by atoms with E-state index in [-0.39, 0.29) is 11.9 Å². The van der Waals surface area contributed by atoms with Crippen LogP contribution in [0.2, 0.25) is 0 Å². The Balaban J connectivity index is 3.05. The third-order valence-electron chi connectivity index (χ3n) is 2.23. The van der Waals surface area contributed by atoms with Crippen molar-refractivity contribution in [1.29, 1.82) is 0 Å². The van der Waals surface area contributed by atoms with Gasteiger partial charge in [-0.05, 0) is 56.0 Å². The second-order valence-electron chi connectivity index (χ2n) is 3.27. The Labute approximate surface area is 112 Å². The lowest BCUT2D eigenvalue weighted by Gasteiger charge is -2.13. The van der Waals surface area contributed by atoms with Crippen LogP contribution in [-0.2, 0) is 9.53 Å². The first kappa shape index (κ1) is 13.5. The van der Waals surface area contributed by atoms with E-state index < -0.39 is 0 Å². The first-order chi connectivity index (χ1) is 7.60. The van der Waals surface area contributed by atoms with Crippen LogP contribution < -0.4 is 0 Å². The van der Waals surface area contributed by atoms with E-state index in [4.69, 9.17) is 4.74 Å². The number of hydrogen-bond donors (Lipinski definition) is 0. The number of hydrogen-bond acceptors (Lipinski definition) is 2. The van der Waals surface area contributed by atoms with E-state index in [1.54, 1.807) is 6.08 Å². The van der Waals surface area contributed by atoms with E-state index in [0.29, 0.717) is 6.42 Å². The zero-order valence-electron chi connectivity index (χ0n) is 8.87. The van der Waals surface area contributed by atoms with Crippen LogP contribution in [0.25, 0.3) is 0 Å². The van der Waals surface area contributed by atoms with Crippen molar-refractivity contribution in [2.24, 2.45) is 0 Å². The molecular formula is C12H12Br2O2. The van der Waals surface area contributed by atoms with Gasteiger partial charge in [-0.15, -0.1) is 6.58 Å². The minimum Gasteiger partial charge on any atom is -0.469 e. The fourth-order valence-electron chi connectivity index (χ4n) is 1.41. The number of carbonyl (C=O) groups excluding carboxylic acids is 1. The topological polar surface area (TPSA) is 26.3 Å². The summed E-state index contributed by atoms with van der Waals surface area (Å²) in [6.45, 7) is 3.65. The minimum absolute atomic E-state index is 0.242. The van der Waals surface area contributed by atoms with Gasteiger partial charge < -0.3 is 4.74 Å². The van der Waals surface area contributed by atoms with Gasteiger partial charge in [0, 0.05) is 8.95 Å². The average Bonchev–Trinajstić information content (AvgIpc) is 2.29. The zero-order valence-corrected chi connectivity index (χ0v) is 12.0. The molecule has 0 bridgehead atoms. The molecule has 16 heavy (non-hydrogen) atoms. The number of rotatable bonds is 4. The zero-order chi connectivity index (χ0) is 12.1. The quantitative estimate of drug-likeness (QED) is 0.606. The molecule has 1 rings (SSSR count). The largest absolute Gasteiger partial charge is 0.469 e. The Morgan fingerprint density at radius 1 is 1.50 bits per heavy atom. The van der Waals surface area contributed by atoms with Gasteiger partial charge in [-0.3, -0.25) is 4.79 Å².